The van der Waals surface area contributed by atoms with Crippen LogP contribution in [0.2, 0.25) is 0 Å². The summed E-state index contributed by atoms with van der Waals surface area (Å²) in [6.07, 6.45) is 0. The van der Waals surface area contributed by atoms with E-state index in [4.69, 9.17) is 0 Å². The summed E-state index contributed by atoms with van der Waals surface area (Å²) in [5.74, 6) is -12.2. The molecule has 0 N–H and O–H groups in total. The fourth-order valence-electron chi connectivity index (χ4n) is 0.835. The van der Waals surface area contributed by atoms with Crippen LogP contribution in [-0.4, -0.2) is 7.32 Å². The molecule has 0 atom stereocenters. The lowest BCUT2D eigenvalue weighted by Crippen LogP contribution is -2.25. The lowest BCUT2D eigenvalue weighted by molar-refractivity contribution is 0.317. The molecule has 0 radical (unpaired) electrons. The summed E-state index contributed by atoms with van der Waals surface area (Å²) in [5, 5.41) is 0. The third-order valence-corrected chi connectivity index (χ3v) is 2.36. The second-order valence-corrected chi connectivity index (χ2v) is 3.50. The Morgan fingerprint density at radius 2 is 1.06 bits per heavy atom. The van der Waals surface area contributed by atoms with E-state index < -0.39 is 42.2 Å². The number of halogens is 7. The van der Waals surface area contributed by atoms with Crippen molar-refractivity contribution < 1.29 is 32.6 Å². The van der Waals surface area contributed by atoms with Gasteiger partial charge in [0.25, 0.3) is 0 Å². The van der Waals surface area contributed by atoms with Crippen LogP contribution in [0.25, 0.3) is 0 Å². The molecule has 0 aliphatic carbocycles. The first kappa shape index (κ1) is 15.2. The zero-order valence-corrected chi connectivity index (χ0v) is 11.8. The molecular weight excluding hydrogens is 480 g/mol. The SMILES string of the molecule is Fc1c(F)c(F)c(OB(OI)OI)c(F)c1F. The minimum absolute atomic E-state index is 1.26. The molecule has 94 valence electrons. The van der Waals surface area contributed by atoms with Crippen LogP contribution in [0.1, 0.15) is 0 Å². The quantitative estimate of drug-likeness (QED) is 0.218. The predicted molar refractivity (Wildman–Crippen MR) is 62.8 cm³/mol. The molecule has 0 aliphatic heterocycles. The topological polar surface area (TPSA) is 27.7 Å². The summed E-state index contributed by atoms with van der Waals surface area (Å²) in [5.41, 5.74) is 0. The van der Waals surface area contributed by atoms with Crippen molar-refractivity contribution >= 4 is 53.3 Å². The van der Waals surface area contributed by atoms with Gasteiger partial charge in [-0.1, -0.05) is 0 Å². The summed E-state index contributed by atoms with van der Waals surface area (Å²) >= 11 is 2.52. The third kappa shape index (κ3) is 3.11. The molecule has 0 saturated carbocycles. The van der Waals surface area contributed by atoms with Crippen molar-refractivity contribution in [2.75, 3.05) is 0 Å². The van der Waals surface area contributed by atoms with Crippen LogP contribution < -0.4 is 4.65 Å². The van der Waals surface area contributed by atoms with Crippen molar-refractivity contribution in [3.63, 3.8) is 0 Å². The highest BCUT2D eigenvalue weighted by molar-refractivity contribution is 14.1. The maximum atomic E-state index is 13.1. The molecule has 1 aromatic rings. The number of hydrogen-bond acceptors (Lipinski definition) is 3. The van der Waals surface area contributed by atoms with Crippen LogP contribution in [0, 0.1) is 29.1 Å². The van der Waals surface area contributed by atoms with Crippen molar-refractivity contribution in [3.8, 4) is 5.75 Å². The fraction of sp³-hybridized carbons (Fsp3) is 0. The van der Waals surface area contributed by atoms with Crippen LogP contribution in [0.5, 0.6) is 5.75 Å². The Morgan fingerprint density at radius 1 is 0.706 bits per heavy atom. The van der Waals surface area contributed by atoms with E-state index in [-0.39, 0.29) is 0 Å². The smallest absolute Gasteiger partial charge is 0.506 e. The van der Waals surface area contributed by atoms with Gasteiger partial charge in [0.05, 0.1) is 46.0 Å². The van der Waals surface area contributed by atoms with Gasteiger partial charge in [-0.2, -0.15) is 8.78 Å². The number of hydrogen-bond donors (Lipinski definition) is 0. The molecule has 11 heteroatoms. The van der Waals surface area contributed by atoms with Crippen molar-refractivity contribution in [3.05, 3.63) is 29.1 Å². The van der Waals surface area contributed by atoms with Gasteiger partial charge in [-0.15, -0.1) is 0 Å². The summed E-state index contributed by atoms with van der Waals surface area (Å²) in [6.45, 7) is 0. The van der Waals surface area contributed by atoms with Gasteiger partial charge in [-0.3, -0.25) is 0 Å². The minimum atomic E-state index is -2.27. The van der Waals surface area contributed by atoms with Gasteiger partial charge in [0, 0.05) is 0 Å². The van der Waals surface area contributed by atoms with E-state index in [0.717, 1.165) is 0 Å². The Morgan fingerprint density at radius 3 is 1.41 bits per heavy atom. The third-order valence-electron chi connectivity index (χ3n) is 1.53. The molecule has 17 heavy (non-hydrogen) atoms. The first-order chi connectivity index (χ1) is 7.93. The van der Waals surface area contributed by atoms with Crippen LogP contribution in [0.15, 0.2) is 0 Å². The van der Waals surface area contributed by atoms with Crippen molar-refractivity contribution in [1.29, 1.82) is 0 Å². The Bertz CT molecular complexity index is 402. The van der Waals surface area contributed by atoms with Gasteiger partial charge in [-0.25, -0.2) is 13.2 Å². The monoisotopic (exact) mass is 480 g/mol. The maximum Gasteiger partial charge on any atom is 0.732 e. The Kier molecular flexibility index (Phi) is 5.65. The summed E-state index contributed by atoms with van der Waals surface area (Å²) < 4.78 is 77.3. The summed E-state index contributed by atoms with van der Waals surface area (Å²) in [4.78, 5) is 0. The van der Waals surface area contributed by atoms with Crippen LogP contribution in [0.4, 0.5) is 22.0 Å². The normalized spacial score (nSPS) is 10.5. The van der Waals surface area contributed by atoms with Gasteiger partial charge in [-0.05, 0) is 0 Å². The van der Waals surface area contributed by atoms with Crippen LogP contribution in [0.3, 0.4) is 0 Å². The molecular formula is C6BF5I2O3. The Hall–Kier alpha value is 0.115. The molecule has 0 fully saturated rings. The maximum absolute atomic E-state index is 13.1. The Labute approximate surface area is 120 Å². The van der Waals surface area contributed by atoms with E-state index in [0.29, 0.717) is 0 Å². The molecule has 0 heterocycles. The van der Waals surface area contributed by atoms with Crippen LogP contribution in [-0.2, 0) is 5.97 Å². The molecule has 1 rings (SSSR count). The minimum Gasteiger partial charge on any atom is -0.506 e. The molecule has 0 unspecified atom stereocenters. The van der Waals surface area contributed by atoms with Gasteiger partial charge >= 0.3 is 7.32 Å². The lowest BCUT2D eigenvalue weighted by atomic mass is 10.2. The van der Waals surface area contributed by atoms with Crippen molar-refractivity contribution in [2.45, 2.75) is 0 Å². The van der Waals surface area contributed by atoms with E-state index in [1.807, 2.05) is 0 Å². The van der Waals surface area contributed by atoms with E-state index in [2.05, 4.69) is 10.6 Å². The van der Waals surface area contributed by atoms with E-state index in [1.165, 1.54) is 46.0 Å². The van der Waals surface area contributed by atoms with Gasteiger partial charge < -0.3 is 10.6 Å². The fourth-order valence-corrected chi connectivity index (χ4v) is 1.65. The predicted octanol–water partition coefficient (Wildman–Crippen LogP) is 3.48. The average molecular weight is 480 g/mol. The molecule has 0 aliphatic rings. The highest BCUT2D eigenvalue weighted by atomic mass is 127. The van der Waals surface area contributed by atoms with Gasteiger partial charge in [0.2, 0.25) is 29.1 Å². The zero-order valence-electron chi connectivity index (χ0n) is 7.45. The molecule has 0 spiro atoms. The Balaban J connectivity index is 3.24. The number of benzene rings is 1. The second-order valence-electron chi connectivity index (χ2n) is 2.48. The molecule has 0 saturated heterocycles. The van der Waals surface area contributed by atoms with Crippen molar-refractivity contribution in [2.24, 2.45) is 0 Å². The molecule has 3 nitrogen and oxygen atoms in total. The standard InChI is InChI=1S/C6BF5I2O3/c8-1-2(9)4(11)6(5(12)3(1)10)15-7(16-13)17-14. The summed E-state index contributed by atoms with van der Waals surface area (Å²) in [7, 11) is -1.62. The largest absolute Gasteiger partial charge is 0.732 e. The molecule has 0 aromatic heterocycles. The molecule has 0 amide bonds. The first-order valence-electron chi connectivity index (χ1n) is 3.66. The second kappa shape index (κ2) is 6.33. The van der Waals surface area contributed by atoms with Crippen molar-refractivity contribution in [1.82, 2.24) is 0 Å². The summed E-state index contributed by atoms with van der Waals surface area (Å²) in [6, 6.07) is 0. The molecule has 0 bridgehead atoms. The van der Waals surface area contributed by atoms with E-state index >= 15 is 0 Å². The van der Waals surface area contributed by atoms with Crippen LogP contribution >= 0.6 is 46.0 Å². The highest BCUT2D eigenvalue weighted by Gasteiger charge is 2.32. The zero-order chi connectivity index (χ0) is 13.2. The first-order valence-corrected chi connectivity index (χ1v) is 5.43. The van der Waals surface area contributed by atoms with E-state index in [9.17, 15) is 22.0 Å². The van der Waals surface area contributed by atoms with Gasteiger partial charge in [0.15, 0.2) is 5.75 Å². The highest BCUT2D eigenvalue weighted by Crippen LogP contribution is 2.29. The lowest BCUT2D eigenvalue weighted by Gasteiger charge is -2.11. The average Bonchev–Trinajstić information content (AvgIpc) is 2.34. The van der Waals surface area contributed by atoms with E-state index in [1.54, 1.807) is 0 Å². The number of rotatable bonds is 4. The van der Waals surface area contributed by atoms with Gasteiger partial charge in [0.1, 0.15) is 0 Å². The molecule has 1 aromatic carbocycles.